The Kier molecular flexibility index (Phi) is 5.37. The molecule has 1 N–H and O–H groups in total. The molecular weight excluding hydrogens is 334 g/mol. The second kappa shape index (κ2) is 6.96. The molecule has 0 spiro atoms. The number of furan rings is 1. The monoisotopic (exact) mass is 357 g/mol. The zero-order chi connectivity index (χ0) is 18.1. The number of sulfone groups is 1. The lowest BCUT2D eigenvalue weighted by atomic mass is 9.93. The molecule has 7 nitrogen and oxygen atoms in total. The van der Waals surface area contributed by atoms with E-state index in [1.165, 1.54) is 17.2 Å². The Balaban J connectivity index is 2.30. The fraction of sp³-hybridized carbons (Fsp3) is 0.625. The molecule has 0 aromatic carbocycles. The molecule has 1 heterocycles. The Morgan fingerprint density at radius 3 is 2.46 bits per heavy atom. The molecule has 1 aliphatic rings. The Morgan fingerprint density at radius 2 is 1.96 bits per heavy atom. The van der Waals surface area contributed by atoms with E-state index in [0.717, 1.165) is 12.8 Å². The summed E-state index contributed by atoms with van der Waals surface area (Å²) < 4.78 is 29.4. The van der Waals surface area contributed by atoms with Crippen molar-refractivity contribution in [2.45, 2.75) is 50.3 Å². The van der Waals surface area contributed by atoms with Crippen LogP contribution in [-0.2, 0) is 16.3 Å². The number of nitrogens with zero attached hydrogens (tertiary/aromatic N) is 1. The van der Waals surface area contributed by atoms with E-state index in [1.807, 2.05) is 0 Å². The van der Waals surface area contributed by atoms with Crippen molar-refractivity contribution in [2.24, 2.45) is 0 Å². The topological polar surface area (TPSA) is 105 Å². The molecule has 0 radical (unpaired) electrons. The largest absolute Gasteiger partial charge is 0.478 e. The van der Waals surface area contributed by atoms with Crippen molar-refractivity contribution >= 4 is 21.7 Å². The Bertz CT molecular complexity index is 736. The summed E-state index contributed by atoms with van der Waals surface area (Å²) in [5, 5.41) is 8.57. The highest BCUT2D eigenvalue weighted by atomic mass is 32.2. The molecule has 0 aliphatic heterocycles. The quantitative estimate of drug-likeness (QED) is 0.864. The van der Waals surface area contributed by atoms with Crippen molar-refractivity contribution < 1.29 is 27.5 Å². The minimum atomic E-state index is -3.28. The van der Waals surface area contributed by atoms with Crippen LogP contribution in [0.2, 0.25) is 0 Å². The van der Waals surface area contributed by atoms with E-state index in [1.54, 1.807) is 14.0 Å². The highest BCUT2D eigenvalue weighted by Crippen LogP contribution is 2.29. The predicted octanol–water partition coefficient (Wildman–Crippen LogP) is 1.97. The SMILES string of the molecule is CCc1oc(C(=O)N(C)C2CCCCC2S(C)(=O)=O)cc1C(=O)O. The zero-order valence-corrected chi connectivity index (χ0v) is 14.9. The second-order valence-electron chi connectivity index (χ2n) is 6.24. The predicted molar refractivity (Wildman–Crippen MR) is 88.0 cm³/mol. The first kappa shape index (κ1) is 18.5. The van der Waals surface area contributed by atoms with Crippen LogP contribution >= 0.6 is 0 Å². The van der Waals surface area contributed by atoms with Gasteiger partial charge in [-0.15, -0.1) is 0 Å². The number of amides is 1. The first-order chi connectivity index (χ1) is 11.2. The maximum Gasteiger partial charge on any atom is 0.339 e. The first-order valence-electron chi connectivity index (χ1n) is 7.98. The van der Waals surface area contributed by atoms with Crippen molar-refractivity contribution in [1.29, 1.82) is 0 Å². The molecule has 1 amide bonds. The van der Waals surface area contributed by atoms with Crippen LogP contribution in [-0.4, -0.2) is 54.9 Å². The van der Waals surface area contributed by atoms with Gasteiger partial charge in [-0.1, -0.05) is 19.8 Å². The molecule has 0 bridgehead atoms. The summed E-state index contributed by atoms with van der Waals surface area (Å²) in [6, 6.07) is 0.794. The van der Waals surface area contributed by atoms with Crippen molar-refractivity contribution in [1.82, 2.24) is 4.90 Å². The average molecular weight is 357 g/mol. The van der Waals surface area contributed by atoms with E-state index >= 15 is 0 Å². The Morgan fingerprint density at radius 1 is 1.33 bits per heavy atom. The third-order valence-corrected chi connectivity index (χ3v) is 6.26. The van der Waals surface area contributed by atoms with Crippen LogP contribution < -0.4 is 0 Å². The highest BCUT2D eigenvalue weighted by Gasteiger charge is 2.38. The molecule has 134 valence electrons. The average Bonchev–Trinajstić information content (AvgIpc) is 2.97. The highest BCUT2D eigenvalue weighted by molar-refractivity contribution is 7.91. The molecule has 2 rings (SSSR count). The molecule has 1 saturated carbocycles. The smallest absolute Gasteiger partial charge is 0.339 e. The number of carbonyl (C=O) groups excluding carboxylic acids is 1. The fourth-order valence-electron chi connectivity index (χ4n) is 3.32. The van der Waals surface area contributed by atoms with Gasteiger partial charge < -0.3 is 14.4 Å². The van der Waals surface area contributed by atoms with Crippen molar-refractivity contribution in [3.8, 4) is 0 Å². The van der Waals surface area contributed by atoms with Gasteiger partial charge in [-0.05, 0) is 12.8 Å². The molecule has 1 aliphatic carbocycles. The minimum absolute atomic E-state index is 0.0300. The number of hydrogen-bond donors (Lipinski definition) is 1. The van der Waals surface area contributed by atoms with Gasteiger partial charge >= 0.3 is 5.97 Å². The maximum atomic E-state index is 12.7. The summed E-state index contributed by atoms with van der Waals surface area (Å²) >= 11 is 0. The van der Waals surface area contributed by atoms with Gasteiger partial charge in [-0.25, -0.2) is 13.2 Å². The van der Waals surface area contributed by atoms with Crippen LogP contribution in [0.3, 0.4) is 0 Å². The van der Waals surface area contributed by atoms with E-state index in [0.29, 0.717) is 19.3 Å². The summed E-state index contributed by atoms with van der Waals surface area (Å²) in [4.78, 5) is 25.3. The van der Waals surface area contributed by atoms with E-state index in [2.05, 4.69) is 0 Å². The van der Waals surface area contributed by atoms with Gasteiger partial charge in [-0.2, -0.15) is 0 Å². The maximum absolute atomic E-state index is 12.7. The second-order valence-corrected chi connectivity index (χ2v) is 8.51. The molecule has 2 unspecified atom stereocenters. The number of carbonyl (C=O) groups is 2. The zero-order valence-electron chi connectivity index (χ0n) is 14.1. The molecule has 1 fully saturated rings. The molecular formula is C16H23NO6S. The number of rotatable bonds is 5. The van der Waals surface area contributed by atoms with Gasteiger partial charge in [0.25, 0.3) is 5.91 Å². The van der Waals surface area contributed by atoms with Gasteiger partial charge in [0.2, 0.25) is 0 Å². The van der Waals surface area contributed by atoms with Crippen molar-refractivity contribution in [2.75, 3.05) is 13.3 Å². The van der Waals surface area contributed by atoms with Gasteiger partial charge in [0, 0.05) is 31.8 Å². The number of aromatic carboxylic acids is 1. The van der Waals surface area contributed by atoms with Crippen LogP contribution in [0, 0.1) is 0 Å². The van der Waals surface area contributed by atoms with E-state index in [4.69, 9.17) is 9.52 Å². The molecule has 1 aromatic heterocycles. The van der Waals surface area contributed by atoms with Crippen molar-refractivity contribution in [3.05, 3.63) is 23.2 Å². The third kappa shape index (κ3) is 3.63. The van der Waals surface area contributed by atoms with Crippen LogP contribution in [0.5, 0.6) is 0 Å². The minimum Gasteiger partial charge on any atom is -0.478 e. The van der Waals surface area contributed by atoms with Crippen LogP contribution in [0.25, 0.3) is 0 Å². The molecule has 2 atom stereocenters. The number of hydrogen-bond acceptors (Lipinski definition) is 5. The lowest BCUT2D eigenvalue weighted by Gasteiger charge is -2.36. The summed E-state index contributed by atoms with van der Waals surface area (Å²) in [5.74, 6) is -1.46. The Hall–Kier alpha value is -1.83. The summed E-state index contributed by atoms with van der Waals surface area (Å²) in [5.41, 5.74) is -0.0300. The van der Waals surface area contributed by atoms with Gasteiger partial charge in [0.15, 0.2) is 15.6 Å². The summed E-state index contributed by atoms with van der Waals surface area (Å²) in [6.45, 7) is 1.74. The van der Waals surface area contributed by atoms with Crippen LogP contribution in [0.15, 0.2) is 10.5 Å². The lowest BCUT2D eigenvalue weighted by molar-refractivity contribution is 0.0663. The van der Waals surface area contributed by atoms with Crippen LogP contribution in [0.4, 0.5) is 0 Å². The normalized spacial score (nSPS) is 21.5. The summed E-state index contributed by atoms with van der Waals surface area (Å²) in [7, 11) is -1.73. The standard InChI is InChI=1S/C16H23NO6S/c1-4-12-10(16(19)20)9-13(23-12)15(18)17(2)11-7-5-6-8-14(11)24(3,21)22/h9,11,14H,4-8H2,1-3H3,(H,19,20). The third-order valence-electron chi connectivity index (χ3n) is 4.61. The number of carboxylic acids is 1. The summed E-state index contributed by atoms with van der Waals surface area (Å²) in [6.07, 6.45) is 4.35. The number of carboxylic acid groups (broad SMARTS) is 1. The molecule has 24 heavy (non-hydrogen) atoms. The van der Waals surface area contributed by atoms with Crippen LogP contribution in [0.1, 0.15) is 59.3 Å². The molecule has 1 aromatic rings. The lowest BCUT2D eigenvalue weighted by Crippen LogP contribution is -2.49. The molecule has 8 heteroatoms. The van der Waals surface area contributed by atoms with E-state index in [-0.39, 0.29) is 17.1 Å². The van der Waals surface area contributed by atoms with Gasteiger partial charge in [0.1, 0.15) is 11.3 Å². The van der Waals surface area contributed by atoms with E-state index in [9.17, 15) is 18.0 Å². The fourth-order valence-corrected chi connectivity index (χ4v) is 4.81. The Labute approximate surface area is 141 Å². The van der Waals surface area contributed by atoms with E-state index < -0.39 is 33.0 Å². The number of aryl methyl sites for hydroxylation is 1. The molecule has 0 saturated heterocycles. The first-order valence-corrected chi connectivity index (χ1v) is 9.94. The van der Waals surface area contributed by atoms with Gasteiger partial charge in [0.05, 0.1) is 5.25 Å². The van der Waals surface area contributed by atoms with Gasteiger partial charge in [-0.3, -0.25) is 4.79 Å². The van der Waals surface area contributed by atoms with Crippen molar-refractivity contribution in [3.63, 3.8) is 0 Å².